The molecule has 1 heterocycles. The van der Waals surface area contributed by atoms with Gasteiger partial charge in [0.1, 0.15) is 10.8 Å². The third-order valence-electron chi connectivity index (χ3n) is 4.21. The first kappa shape index (κ1) is 22.0. The quantitative estimate of drug-likeness (QED) is 0.600. The Balaban J connectivity index is 2.32. The van der Waals surface area contributed by atoms with Gasteiger partial charge in [-0.1, -0.05) is 33.8 Å². The molecule has 0 aliphatic heterocycles. The van der Waals surface area contributed by atoms with Gasteiger partial charge in [0.25, 0.3) is 5.91 Å². The van der Waals surface area contributed by atoms with E-state index in [1.165, 1.54) is 11.3 Å². The van der Waals surface area contributed by atoms with Gasteiger partial charge in [-0.15, -0.1) is 11.3 Å². The van der Waals surface area contributed by atoms with E-state index in [9.17, 15) is 9.59 Å². The Morgan fingerprint density at radius 3 is 2.54 bits per heavy atom. The molecular weight excluding hydrogens is 374 g/mol. The van der Waals surface area contributed by atoms with Gasteiger partial charge in [-0.05, 0) is 48.9 Å². The summed E-state index contributed by atoms with van der Waals surface area (Å²) in [7, 11) is 1.55. The van der Waals surface area contributed by atoms with E-state index >= 15 is 0 Å². The van der Waals surface area contributed by atoms with Crippen molar-refractivity contribution >= 4 is 28.2 Å². The number of nitrogens with one attached hydrogen (secondary N) is 1. The van der Waals surface area contributed by atoms with Gasteiger partial charge in [-0.25, -0.2) is 4.79 Å². The molecule has 0 bridgehead atoms. The third-order valence-corrected chi connectivity index (χ3v) is 5.49. The maximum absolute atomic E-state index is 12.7. The van der Waals surface area contributed by atoms with Crippen LogP contribution in [0.3, 0.4) is 0 Å². The average molecular weight is 404 g/mol. The zero-order valence-corrected chi connectivity index (χ0v) is 18.2. The lowest BCUT2D eigenvalue weighted by molar-refractivity contribution is 0.0528. The number of hydrogen-bond donors (Lipinski definition) is 1. The molecular formula is C22H29NO4S. The van der Waals surface area contributed by atoms with E-state index in [0.29, 0.717) is 21.9 Å². The Kier molecular flexibility index (Phi) is 7.24. The maximum Gasteiger partial charge on any atom is 0.341 e. The largest absolute Gasteiger partial charge is 0.497 e. The van der Waals surface area contributed by atoms with Crippen molar-refractivity contribution in [3.05, 3.63) is 46.3 Å². The van der Waals surface area contributed by atoms with Crippen molar-refractivity contribution in [2.24, 2.45) is 5.41 Å². The Labute approximate surface area is 171 Å². The van der Waals surface area contributed by atoms with Crippen LogP contribution in [0.2, 0.25) is 0 Å². The smallest absolute Gasteiger partial charge is 0.341 e. The molecule has 0 unspecified atom stereocenters. The molecule has 1 aromatic heterocycles. The van der Waals surface area contributed by atoms with Crippen LogP contribution in [0.1, 0.15) is 72.6 Å². The lowest BCUT2D eigenvalue weighted by atomic mass is 9.85. The summed E-state index contributed by atoms with van der Waals surface area (Å²) in [6.07, 6.45) is 0.971. The van der Waals surface area contributed by atoms with Gasteiger partial charge in [0, 0.05) is 10.4 Å². The molecule has 0 radical (unpaired) electrons. The molecule has 2 rings (SSSR count). The molecule has 0 aliphatic rings. The fourth-order valence-corrected chi connectivity index (χ4v) is 4.16. The minimum atomic E-state index is -0.422. The number of amides is 1. The summed E-state index contributed by atoms with van der Waals surface area (Å²) in [5, 5.41) is 3.39. The van der Waals surface area contributed by atoms with Crippen molar-refractivity contribution in [2.45, 2.75) is 47.0 Å². The maximum atomic E-state index is 12.7. The van der Waals surface area contributed by atoms with Gasteiger partial charge in [0.2, 0.25) is 0 Å². The number of carbonyl (C=O) groups is 2. The van der Waals surface area contributed by atoms with E-state index in [1.807, 2.05) is 6.07 Å². The fraction of sp³-hybridized carbons (Fsp3) is 0.455. The molecule has 28 heavy (non-hydrogen) atoms. The number of carbonyl (C=O) groups excluding carboxylic acids is 2. The summed E-state index contributed by atoms with van der Waals surface area (Å²) in [6, 6.07) is 8.75. The Morgan fingerprint density at radius 2 is 1.93 bits per heavy atom. The molecule has 1 aromatic carbocycles. The number of rotatable bonds is 7. The van der Waals surface area contributed by atoms with Crippen molar-refractivity contribution in [2.75, 3.05) is 19.0 Å². The topological polar surface area (TPSA) is 64.6 Å². The summed E-state index contributed by atoms with van der Waals surface area (Å²) >= 11 is 1.43. The monoisotopic (exact) mass is 403 g/mol. The molecule has 0 fully saturated rings. The summed E-state index contributed by atoms with van der Waals surface area (Å²) in [6.45, 7) is 10.8. The first-order valence-electron chi connectivity index (χ1n) is 9.41. The van der Waals surface area contributed by atoms with E-state index in [4.69, 9.17) is 9.47 Å². The molecule has 1 amide bonds. The van der Waals surface area contributed by atoms with Gasteiger partial charge in [-0.3, -0.25) is 4.79 Å². The first-order valence-corrected chi connectivity index (χ1v) is 10.2. The lowest BCUT2D eigenvalue weighted by Gasteiger charge is -2.22. The number of methoxy groups -OCH3 is 1. The average Bonchev–Trinajstić information content (AvgIpc) is 3.04. The van der Waals surface area contributed by atoms with Crippen LogP contribution in [0.15, 0.2) is 30.3 Å². The van der Waals surface area contributed by atoms with Crippen LogP contribution in [-0.2, 0) is 4.74 Å². The van der Waals surface area contributed by atoms with Gasteiger partial charge in [0.05, 0.1) is 19.3 Å². The van der Waals surface area contributed by atoms with Crippen molar-refractivity contribution in [3.63, 3.8) is 0 Å². The van der Waals surface area contributed by atoms with Gasteiger partial charge in [-0.2, -0.15) is 0 Å². The van der Waals surface area contributed by atoms with Crippen LogP contribution >= 0.6 is 11.3 Å². The van der Waals surface area contributed by atoms with Gasteiger partial charge in [0.15, 0.2) is 0 Å². The van der Waals surface area contributed by atoms with Crippen LogP contribution in [0.4, 0.5) is 5.00 Å². The molecule has 0 spiro atoms. The van der Waals surface area contributed by atoms with Gasteiger partial charge >= 0.3 is 5.97 Å². The van der Waals surface area contributed by atoms with E-state index in [1.54, 1.807) is 38.3 Å². The highest BCUT2D eigenvalue weighted by Crippen LogP contribution is 2.38. The zero-order chi connectivity index (χ0) is 20.9. The number of anilines is 1. The highest BCUT2D eigenvalue weighted by atomic mass is 32.1. The molecule has 1 atom stereocenters. The molecule has 152 valence electrons. The number of thiophene rings is 1. The summed E-state index contributed by atoms with van der Waals surface area (Å²) < 4.78 is 10.4. The molecule has 0 saturated heterocycles. The van der Waals surface area contributed by atoms with E-state index in [-0.39, 0.29) is 23.8 Å². The van der Waals surface area contributed by atoms with E-state index < -0.39 is 5.97 Å². The molecule has 5 nitrogen and oxygen atoms in total. The second-order valence-electron chi connectivity index (χ2n) is 7.96. The third kappa shape index (κ3) is 5.83. The first-order chi connectivity index (χ1) is 13.1. The molecule has 6 heteroatoms. The number of esters is 1. The standard InChI is InChI=1S/C22H29NO4S/c1-7-27-21(25)17-12-18(14(2)13-22(3,4)5)28-20(17)23-19(24)15-9-8-10-16(11-15)26-6/h8-12,14H,7,13H2,1-6H3,(H,23,24)/t14-/m1/s1. The van der Waals surface area contributed by atoms with Crippen molar-refractivity contribution < 1.29 is 19.1 Å². The molecule has 0 saturated carbocycles. The predicted octanol–water partition coefficient (Wildman–Crippen LogP) is 5.73. The molecule has 2 aromatic rings. The second kappa shape index (κ2) is 9.24. The normalized spacial score (nSPS) is 12.4. The minimum Gasteiger partial charge on any atom is -0.497 e. The number of ether oxygens (including phenoxy) is 2. The Hall–Kier alpha value is -2.34. The van der Waals surface area contributed by atoms with Crippen LogP contribution < -0.4 is 10.1 Å². The summed E-state index contributed by atoms with van der Waals surface area (Å²) in [5.41, 5.74) is 1.03. The van der Waals surface area contributed by atoms with Crippen molar-refractivity contribution in [1.82, 2.24) is 0 Å². The van der Waals surface area contributed by atoms with Crippen LogP contribution in [0, 0.1) is 5.41 Å². The SMILES string of the molecule is CCOC(=O)c1cc([C@H](C)CC(C)(C)C)sc1NC(=O)c1cccc(OC)c1. The van der Waals surface area contributed by atoms with Crippen molar-refractivity contribution in [3.8, 4) is 5.75 Å². The summed E-state index contributed by atoms with van der Waals surface area (Å²) in [4.78, 5) is 26.2. The van der Waals surface area contributed by atoms with Crippen LogP contribution in [-0.4, -0.2) is 25.6 Å². The number of hydrogen-bond acceptors (Lipinski definition) is 5. The van der Waals surface area contributed by atoms with E-state index in [2.05, 4.69) is 33.0 Å². The lowest BCUT2D eigenvalue weighted by Crippen LogP contribution is -2.14. The number of benzene rings is 1. The summed E-state index contributed by atoms with van der Waals surface area (Å²) in [5.74, 6) is 0.153. The Bertz CT molecular complexity index is 835. The zero-order valence-electron chi connectivity index (χ0n) is 17.4. The predicted molar refractivity (Wildman–Crippen MR) is 114 cm³/mol. The van der Waals surface area contributed by atoms with Crippen LogP contribution in [0.5, 0.6) is 5.75 Å². The second-order valence-corrected chi connectivity index (χ2v) is 9.05. The van der Waals surface area contributed by atoms with Crippen LogP contribution in [0.25, 0.3) is 0 Å². The molecule has 1 N–H and O–H groups in total. The highest BCUT2D eigenvalue weighted by molar-refractivity contribution is 7.16. The highest BCUT2D eigenvalue weighted by Gasteiger charge is 2.24. The molecule has 0 aliphatic carbocycles. The van der Waals surface area contributed by atoms with E-state index in [0.717, 1.165) is 11.3 Å². The fourth-order valence-electron chi connectivity index (χ4n) is 3.07. The van der Waals surface area contributed by atoms with Crippen molar-refractivity contribution in [1.29, 1.82) is 0 Å². The minimum absolute atomic E-state index is 0.164. The van der Waals surface area contributed by atoms with Gasteiger partial charge < -0.3 is 14.8 Å². The Morgan fingerprint density at radius 1 is 1.21 bits per heavy atom.